The maximum atomic E-state index is 12.3. The lowest BCUT2D eigenvalue weighted by molar-refractivity contribution is -0.0898. The summed E-state index contributed by atoms with van der Waals surface area (Å²) in [5, 5.41) is 10.7. The van der Waals surface area contributed by atoms with Crippen LogP contribution in [0.5, 0.6) is 0 Å². The summed E-state index contributed by atoms with van der Waals surface area (Å²) >= 11 is 0. The van der Waals surface area contributed by atoms with E-state index in [4.69, 9.17) is 10.5 Å². The van der Waals surface area contributed by atoms with Crippen molar-refractivity contribution in [1.29, 1.82) is 0 Å². The molecule has 0 aliphatic carbocycles. The maximum Gasteiger partial charge on any atom is 0.249 e. The predicted octanol–water partition coefficient (Wildman–Crippen LogP) is 1.76. The number of rotatable bonds is 6. The molecule has 0 radical (unpaired) electrons. The molecule has 1 saturated heterocycles. The Hall–Kier alpha value is -2.26. The van der Waals surface area contributed by atoms with Crippen LogP contribution in [0.25, 0.3) is 11.1 Å². The quantitative estimate of drug-likeness (QED) is 0.660. The Bertz CT molecular complexity index is 988. The van der Waals surface area contributed by atoms with E-state index >= 15 is 0 Å². The number of carbonyl (C=O) groups excluding carboxylic acids is 1. The molecule has 0 bridgehead atoms. The summed E-state index contributed by atoms with van der Waals surface area (Å²) in [6.45, 7) is 3.56. The van der Waals surface area contributed by atoms with Crippen molar-refractivity contribution < 1.29 is 23.1 Å². The number of sulfonamides is 1. The number of amides is 1. The van der Waals surface area contributed by atoms with E-state index in [9.17, 15) is 18.3 Å². The van der Waals surface area contributed by atoms with Crippen LogP contribution in [-0.2, 0) is 20.4 Å². The summed E-state index contributed by atoms with van der Waals surface area (Å²) < 4.78 is 32.7. The lowest BCUT2D eigenvalue weighted by Gasteiger charge is -2.40. The van der Waals surface area contributed by atoms with Gasteiger partial charge in [0.15, 0.2) is 0 Å². The van der Waals surface area contributed by atoms with Gasteiger partial charge in [-0.3, -0.25) is 4.79 Å². The highest BCUT2D eigenvalue weighted by Gasteiger charge is 2.43. The van der Waals surface area contributed by atoms with Gasteiger partial charge in [0.2, 0.25) is 15.9 Å². The van der Waals surface area contributed by atoms with Crippen LogP contribution in [0.15, 0.2) is 48.5 Å². The van der Waals surface area contributed by atoms with E-state index in [1.807, 2.05) is 6.07 Å². The molecule has 3 rings (SSSR count). The van der Waals surface area contributed by atoms with E-state index in [-0.39, 0.29) is 13.0 Å². The van der Waals surface area contributed by atoms with Gasteiger partial charge >= 0.3 is 0 Å². The molecule has 156 valence electrons. The topological polar surface area (TPSA) is 119 Å². The molecule has 0 spiro atoms. The van der Waals surface area contributed by atoms with Crippen LogP contribution in [0.2, 0.25) is 0 Å². The first-order chi connectivity index (χ1) is 13.6. The first-order valence-electron chi connectivity index (χ1n) is 9.46. The van der Waals surface area contributed by atoms with Crippen LogP contribution in [0, 0.1) is 0 Å². The molecule has 8 heteroatoms. The third-order valence-electron chi connectivity index (χ3n) is 5.30. The van der Waals surface area contributed by atoms with Gasteiger partial charge in [0.05, 0.1) is 17.9 Å². The SMILES string of the molecule is CC(C)S(=O)(=O)N[C@@H]1COCC[C@]1(O)c1ccc(-c2ccccc2C(N)=O)cc1. The molecule has 1 heterocycles. The summed E-state index contributed by atoms with van der Waals surface area (Å²) in [5.41, 5.74) is 6.53. The predicted molar refractivity (Wildman–Crippen MR) is 111 cm³/mol. The fraction of sp³-hybridized carbons (Fsp3) is 0.381. The van der Waals surface area contributed by atoms with Gasteiger partial charge in [-0.1, -0.05) is 42.5 Å². The van der Waals surface area contributed by atoms with Crippen molar-refractivity contribution in [3.05, 3.63) is 59.7 Å². The number of ether oxygens (including phenoxy) is 1. The van der Waals surface area contributed by atoms with E-state index in [0.717, 1.165) is 5.56 Å². The molecule has 2 aromatic carbocycles. The second-order valence-electron chi connectivity index (χ2n) is 7.50. The molecule has 1 amide bonds. The number of hydrogen-bond donors (Lipinski definition) is 3. The summed E-state index contributed by atoms with van der Waals surface area (Å²) in [7, 11) is -3.58. The third kappa shape index (κ3) is 4.35. The highest BCUT2D eigenvalue weighted by atomic mass is 32.2. The standard InChI is InChI=1S/C21H26N2O5S/c1-14(2)29(26,27)23-19-13-28-12-11-21(19,25)16-9-7-15(8-10-16)17-5-3-4-6-18(17)20(22)24/h3-10,14,19,23,25H,11-13H2,1-2H3,(H2,22,24)/t19-,21+/m1/s1. The van der Waals surface area contributed by atoms with Crippen LogP contribution < -0.4 is 10.5 Å². The van der Waals surface area contributed by atoms with E-state index in [0.29, 0.717) is 23.3 Å². The van der Waals surface area contributed by atoms with Gasteiger partial charge in [-0.15, -0.1) is 0 Å². The van der Waals surface area contributed by atoms with Crippen molar-refractivity contribution in [2.45, 2.75) is 37.2 Å². The minimum atomic E-state index is -3.58. The molecule has 0 saturated carbocycles. The van der Waals surface area contributed by atoms with Crippen LogP contribution in [0.4, 0.5) is 0 Å². The van der Waals surface area contributed by atoms with Crippen molar-refractivity contribution in [2.75, 3.05) is 13.2 Å². The van der Waals surface area contributed by atoms with Gasteiger partial charge in [0.25, 0.3) is 0 Å². The molecule has 1 aliphatic heterocycles. The Balaban J connectivity index is 1.94. The Morgan fingerprint density at radius 3 is 2.48 bits per heavy atom. The molecule has 2 atom stereocenters. The van der Waals surface area contributed by atoms with E-state index in [2.05, 4.69) is 4.72 Å². The molecule has 1 fully saturated rings. The number of nitrogens with one attached hydrogen (secondary N) is 1. The first-order valence-corrected chi connectivity index (χ1v) is 11.0. The zero-order chi connectivity index (χ0) is 21.2. The smallest absolute Gasteiger partial charge is 0.249 e. The van der Waals surface area contributed by atoms with Crippen molar-refractivity contribution in [2.24, 2.45) is 5.73 Å². The van der Waals surface area contributed by atoms with Gasteiger partial charge in [-0.25, -0.2) is 13.1 Å². The van der Waals surface area contributed by atoms with Crippen LogP contribution >= 0.6 is 0 Å². The molecule has 2 aromatic rings. The number of aliphatic hydroxyl groups is 1. The molecular formula is C21H26N2O5S. The number of nitrogens with two attached hydrogens (primary N) is 1. The normalized spacial score (nSPS) is 22.6. The maximum absolute atomic E-state index is 12.3. The fourth-order valence-electron chi connectivity index (χ4n) is 3.44. The Kier molecular flexibility index (Phi) is 6.09. The third-order valence-corrected chi connectivity index (χ3v) is 7.16. The molecule has 0 aromatic heterocycles. The highest BCUT2D eigenvalue weighted by molar-refractivity contribution is 7.90. The Morgan fingerprint density at radius 1 is 1.21 bits per heavy atom. The second-order valence-corrected chi connectivity index (χ2v) is 9.77. The Morgan fingerprint density at radius 2 is 1.86 bits per heavy atom. The summed E-state index contributed by atoms with van der Waals surface area (Å²) in [4.78, 5) is 11.7. The summed E-state index contributed by atoms with van der Waals surface area (Å²) in [6.07, 6.45) is 0.259. The molecule has 29 heavy (non-hydrogen) atoms. The highest BCUT2D eigenvalue weighted by Crippen LogP contribution is 2.34. The van der Waals surface area contributed by atoms with E-state index in [1.165, 1.54) is 0 Å². The van der Waals surface area contributed by atoms with E-state index < -0.39 is 32.8 Å². The van der Waals surface area contributed by atoms with Crippen molar-refractivity contribution >= 4 is 15.9 Å². The zero-order valence-electron chi connectivity index (χ0n) is 16.5. The number of carbonyl (C=O) groups is 1. The van der Waals surface area contributed by atoms with E-state index in [1.54, 1.807) is 56.3 Å². The van der Waals surface area contributed by atoms with Crippen molar-refractivity contribution in [3.8, 4) is 11.1 Å². The Labute approximate surface area is 170 Å². The lowest BCUT2D eigenvalue weighted by atomic mass is 9.82. The van der Waals surface area contributed by atoms with Gasteiger partial charge in [0.1, 0.15) is 5.60 Å². The second kappa shape index (κ2) is 8.23. The fourth-order valence-corrected chi connectivity index (χ4v) is 4.37. The molecule has 0 unspecified atom stereocenters. The monoisotopic (exact) mass is 418 g/mol. The van der Waals surface area contributed by atoms with Crippen molar-refractivity contribution in [3.63, 3.8) is 0 Å². The van der Waals surface area contributed by atoms with Gasteiger partial charge in [0, 0.05) is 18.6 Å². The van der Waals surface area contributed by atoms with Crippen LogP contribution in [0.3, 0.4) is 0 Å². The molecule has 7 nitrogen and oxygen atoms in total. The molecule has 4 N–H and O–H groups in total. The van der Waals surface area contributed by atoms with Crippen molar-refractivity contribution in [1.82, 2.24) is 4.72 Å². The summed E-state index contributed by atoms with van der Waals surface area (Å²) in [5.74, 6) is -0.518. The largest absolute Gasteiger partial charge is 0.383 e. The average molecular weight is 419 g/mol. The minimum Gasteiger partial charge on any atom is -0.383 e. The minimum absolute atomic E-state index is 0.0781. The number of primary amides is 1. The lowest BCUT2D eigenvalue weighted by Crippen LogP contribution is -2.57. The van der Waals surface area contributed by atoms with Gasteiger partial charge in [-0.05, 0) is 36.6 Å². The number of hydrogen-bond acceptors (Lipinski definition) is 5. The van der Waals surface area contributed by atoms with Crippen LogP contribution in [0.1, 0.15) is 36.2 Å². The molecular weight excluding hydrogens is 392 g/mol. The van der Waals surface area contributed by atoms with Crippen LogP contribution in [-0.4, -0.2) is 43.9 Å². The van der Waals surface area contributed by atoms with Gasteiger partial charge in [-0.2, -0.15) is 0 Å². The summed E-state index contributed by atoms with van der Waals surface area (Å²) in [6, 6.07) is 13.3. The first kappa shape index (κ1) is 21.4. The molecule has 1 aliphatic rings. The van der Waals surface area contributed by atoms with Gasteiger partial charge < -0.3 is 15.6 Å². The average Bonchev–Trinajstić information content (AvgIpc) is 2.69. The zero-order valence-corrected chi connectivity index (χ0v) is 17.3. The number of benzene rings is 2.